The van der Waals surface area contributed by atoms with Crippen LogP contribution in [0.1, 0.15) is 23.4 Å². The van der Waals surface area contributed by atoms with E-state index in [9.17, 15) is 9.59 Å². The van der Waals surface area contributed by atoms with Gasteiger partial charge in [0, 0.05) is 19.5 Å². The van der Waals surface area contributed by atoms with Gasteiger partial charge in [0.2, 0.25) is 0 Å². The van der Waals surface area contributed by atoms with Crippen LogP contribution in [0.2, 0.25) is 5.02 Å². The maximum atomic E-state index is 12.0. The van der Waals surface area contributed by atoms with E-state index >= 15 is 0 Å². The molecule has 0 radical (unpaired) electrons. The number of rotatable bonds is 5. The number of halogens is 1. The number of benzene rings is 1. The molecule has 0 fully saturated rings. The van der Waals surface area contributed by atoms with Crippen molar-refractivity contribution in [1.29, 1.82) is 0 Å². The fourth-order valence-electron chi connectivity index (χ4n) is 2.83. The van der Waals surface area contributed by atoms with Crippen molar-refractivity contribution >= 4 is 35.2 Å². The summed E-state index contributed by atoms with van der Waals surface area (Å²) in [6, 6.07) is 3.40. The van der Waals surface area contributed by atoms with Crippen LogP contribution in [0, 0.1) is 13.8 Å². The number of amides is 1. The number of esters is 1. The number of hydrogen-bond donors (Lipinski definition) is 1. The van der Waals surface area contributed by atoms with Crippen LogP contribution in [0.15, 0.2) is 18.2 Å². The van der Waals surface area contributed by atoms with Crippen LogP contribution in [-0.2, 0) is 21.4 Å². The van der Waals surface area contributed by atoms with Gasteiger partial charge in [0.25, 0.3) is 5.91 Å². The SMILES string of the molecule is Cc1nn(C)c(C)c1NC(=O)COC(=O)/C=C/c1cc(Cl)c2c(c1)OCCCO2. The molecule has 1 aromatic carbocycles. The molecule has 0 atom stereocenters. The van der Waals surface area contributed by atoms with Crippen molar-refractivity contribution in [3.05, 3.63) is 40.2 Å². The molecule has 3 rings (SSSR count). The molecule has 9 heteroatoms. The van der Waals surface area contributed by atoms with Crippen molar-refractivity contribution in [1.82, 2.24) is 9.78 Å². The summed E-state index contributed by atoms with van der Waals surface area (Å²) in [7, 11) is 1.79. The molecule has 1 aromatic heterocycles. The largest absolute Gasteiger partial charge is 0.489 e. The van der Waals surface area contributed by atoms with Crippen LogP contribution in [0.5, 0.6) is 11.5 Å². The van der Waals surface area contributed by atoms with Crippen molar-refractivity contribution in [3.63, 3.8) is 0 Å². The van der Waals surface area contributed by atoms with Crippen molar-refractivity contribution in [2.45, 2.75) is 20.3 Å². The smallest absolute Gasteiger partial charge is 0.331 e. The van der Waals surface area contributed by atoms with E-state index in [1.54, 1.807) is 30.8 Å². The Labute approximate surface area is 173 Å². The summed E-state index contributed by atoms with van der Waals surface area (Å²) in [6.45, 7) is 4.29. The number of nitrogens with zero attached hydrogens (tertiary/aromatic N) is 2. The lowest BCUT2D eigenvalue weighted by Crippen LogP contribution is -2.20. The number of aromatic nitrogens is 2. The summed E-state index contributed by atoms with van der Waals surface area (Å²) in [6.07, 6.45) is 3.53. The van der Waals surface area contributed by atoms with Gasteiger partial charge < -0.3 is 19.5 Å². The normalized spacial score (nSPS) is 13.2. The van der Waals surface area contributed by atoms with Crippen LogP contribution < -0.4 is 14.8 Å². The number of aryl methyl sites for hydroxylation is 2. The van der Waals surface area contributed by atoms with Gasteiger partial charge in [-0.25, -0.2) is 4.79 Å². The van der Waals surface area contributed by atoms with Gasteiger partial charge in [-0.15, -0.1) is 0 Å². The van der Waals surface area contributed by atoms with Crippen molar-refractivity contribution in [2.24, 2.45) is 7.05 Å². The molecule has 2 heterocycles. The van der Waals surface area contributed by atoms with Crippen LogP contribution in [0.3, 0.4) is 0 Å². The van der Waals surface area contributed by atoms with E-state index in [4.69, 9.17) is 25.8 Å². The standard InChI is InChI=1S/C20H22ClN3O5/c1-12-19(13(2)24(3)23-12)22-17(25)11-29-18(26)6-5-14-9-15(21)20-16(10-14)27-7-4-8-28-20/h5-6,9-10H,4,7-8,11H2,1-3H3,(H,22,25)/b6-5+. The van der Waals surface area contributed by atoms with E-state index in [0.717, 1.165) is 12.1 Å². The molecule has 0 spiro atoms. The van der Waals surface area contributed by atoms with Crippen molar-refractivity contribution in [2.75, 3.05) is 25.1 Å². The molecule has 29 heavy (non-hydrogen) atoms. The summed E-state index contributed by atoms with van der Waals surface area (Å²) in [5.74, 6) is -0.0567. The molecule has 0 saturated heterocycles. The Morgan fingerprint density at radius 1 is 1.31 bits per heavy atom. The highest BCUT2D eigenvalue weighted by Gasteiger charge is 2.16. The quantitative estimate of drug-likeness (QED) is 0.591. The highest BCUT2D eigenvalue weighted by molar-refractivity contribution is 6.32. The molecule has 0 aliphatic carbocycles. The third-order valence-electron chi connectivity index (χ3n) is 4.36. The first-order chi connectivity index (χ1) is 13.8. The molecule has 1 amide bonds. The fraction of sp³-hybridized carbons (Fsp3) is 0.350. The van der Waals surface area contributed by atoms with Gasteiger partial charge in [-0.05, 0) is 37.6 Å². The van der Waals surface area contributed by atoms with Crippen LogP contribution in [-0.4, -0.2) is 41.5 Å². The third-order valence-corrected chi connectivity index (χ3v) is 4.64. The average Bonchev–Trinajstić information content (AvgIpc) is 2.85. The van der Waals surface area contributed by atoms with Gasteiger partial charge in [0.15, 0.2) is 18.1 Å². The van der Waals surface area contributed by atoms with Crippen LogP contribution in [0.4, 0.5) is 5.69 Å². The molecular formula is C20H22ClN3O5. The molecular weight excluding hydrogens is 398 g/mol. The lowest BCUT2D eigenvalue weighted by atomic mass is 10.2. The number of anilines is 1. The summed E-state index contributed by atoms with van der Waals surface area (Å²) < 4.78 is 17.8. The predicted molar refractivity (Wildman–Crippen MR) is 108 cm³/mol. The first kappa shape index (κ1) is 20.7. The predicted octanol–water partition coefficient (Wildman–Crippen LogP) is 3.05. The topological polar surface area (TPSA) is 91.7 Å². The van der Waals surface area contributed by atoms with Crippen molar-refractivity contribution < 1.29 is 23.8 Å². The Morgan fingerprint density at radius 2 is 2.07 bits per heavy atom. The Kier molecular flexibility index (Phi) is 6.43. The lowest BCUT2D eigenvalue weighted by Gasteiger charge is -2.10. The fourth-order valence-corrected chi connectivity index (χ4v) is 3.10. The number of ether oxygens (including phenoxy) is 3. The lowest BCUT2D eigenvalue weighted by molar-refractivity contribution is -0.142. The highest BCUT2D eigenvalue weighted by atomic mass is 35.5. The monoisotopic (exact) mass is 419 g/mol. The minimum absolute atomic E-state index is 0.402. The molecule has 1 N–H and O–H groups in total. The summed E-state index contributed by atoms with van der Waals surface area (Å²) in [4.78, 5) is 24.0. The second-order valence-electron chi connectivity index (χ2n) is 6.54. The van der Waals surface area contributed by atoms with E-state index in [2.05, 4.69) is 10.4 Å². The van der Waals surface area contributed by atoms with Gasteiger partial charge in [0.05, 0.1) is 35.3 Å². The number of nitrogens with one attached hydrogen (secondary N) is 1. The third kappa shape index (κ3) is 5.08. The average molecular weight is 420 g/mol. The van der Waals surface area contributed by atoms with Crippen molar-refractivity contribution in [3.8, 4) is 11.5 Å². The van der Waals surface area contributed by atoms with E-state index in [1.807, 2.05) is 6.92 Å². The second-order valence-corrected chi connectivity index (χ2v) is 6.95. The number of carbonyl (C=O) groups is 2. The summed E-state index contributed by atoms with van der Waals surface area (Å²) in [5.41, 5.74) is 2.78. The molecule has 0 unspecified atom stereocenters. The Morgan fingerprint density at radius 3 is 2.79 bits per heavy atom. The Balaban J connectivity index is 1.56. The minimum atomic E-state index is -0.650. The number of carbonyl (C=O) groups excluding carboxylic acids is 2. The van der Waals surface area contributed by atoms with E-state index in [0.29, 0.717) is 46.7 Å². The molecule has 2 aromatic rings. The van der Waals surface area contributed by atoms with E-state index in [-0.39, 0.29) is 0 Å². The zero-order chi connectivity index (χ0) is 21.0. The van der Waals surface area contributed by atoms with E-state index in [1.165, 1.54) is 12.2 Å². The Hall–Kier alpha value is -3.00. The number of hydrogen-bond acceptors (Lipinski definition) is 6. The van der Waals surface area contributed by atoms with Gasteiger partial charge in [-0.2, -0.15) is 5.10 Å². The van der Waals surface area contributed by atoms with Gasteiger partial charge in [-0.1, -0.05) is 11.6 Å². The van der Waals surface area contributed by atoms with Crippen LogP contribution >= 0.6 is 11.6 Å². The summed E-state index contributed by atoms with van der Waals surface area (Å²) in [5, 5.41) is 7.32. The zero-order valence-electron chi connectivity index (χ0n) is 16.5. The molecule has 1 aliphatic rings. The molecule has 154 valence electrons. The van der Waals surface area contributed by atoms with Gasteiger partial charge in [-0.3, -0.25) is 9.48 Å². The minimum Gasteiger partial charge on any atom is -0.489 e. The Bertz CT molecular complexity index is 968. The maximum absolute atomic E-state index is 12.0. The van der Waals surface area contributed by atoms with Gasteiger partial charge in [0.1, 0.15) is 0 Å². The molecule has 0 saturated carbocycles. The second kappa shape index (κ2) is 9.00. The first-order valence-electron chi connectivity index (χ1n) is 9.09. The van der Waals surface area contributed by atoms with Gasteiger partial charge >= 0.3 is 5.97 Å². The van der Waals surface area contributed by atoms with E-state index < -0.39 is 18.5 Å². The molecule has 8 nitrogen and oxygen atoms in total. The van der Waals surface area contributed by atoms with Crippen LogP contribution in [0.25, 0.3) is 6.08 Å². The first-order valence-corrected chi connectivity index (χ1v) is 9.47. The maximum Gasteiger partial charge on any atom is 0.331 e. The zero-order valence-corrected chi connectivity index (χ0v) is 17.2. The summed E-state index contributed by atoms with van der Waals surface area (Å²) >= 11 is 6.23. The highest BCUT2D eigenvalue weighted by Crippen LogP contribution is 2.38. The number of fused-ring (bicyclic) bond motifs is 1. The molecule has 0 bridgehead atoms. The molecule has 1 aliphatic heterocycles.